The van der Waals surface area contributed by atoms with Crippen molar-refractivity contribution in [1.29, 1.82) is 5.26 Å². The number of nitrogens with zero attached hydrogens (tertiary/aromatic N) is 5. The largest absolute Gasteiger partial charge is 0.368 e. The van der Waals surface area contributed by atoms with Crippen LogP contribution in [0.3, 0.4) is 0 Å². The lowest BCUT2D eigenvalue weighted by atomic mass is 10.1. The molecule has 0 radical (unpaired) electrons. The monoisotopic (exact) mass is 327 g/mol. The van der Waals surface area contributed by atoms with Gasteiger partial charge in [0.1, 0.15) is 6.07 Å². The molecule has 0 atom stereocenters. The average Bonchev–Trinajstić information content (AvgIpc) is 2.92. The predicted molar refractivity (Wildman–Crippen MR) is 92.8 cm³/mol. The molecule has 1 aliphatic rings. The second-order valence-electron chi connectivity index (χ2n) is 5.98. The number of aryl methyl sites for hydroxylation is 3. The van der Waals surface area contributed by atoms with Gasteiger partial charge in [-0.25, -0.2) is 4.98 Å². The summed E-state index contributed by atoms with van der Waals surface area (Å²) in [5.74, 6) is 0. The predicted octanol–water partition coefficient (Wildman–Crippen LogP) is 2.66. The Morgan fingerprint density at radius 2 is 1.91 bits per heavy atom. The van der Waals surface area contributed by atoms with Crippen LogP contribution in [0.4, 0.5) is 5.69 Å². The molecule has 0 N–H and O–H groups in total. The molecule has 0 saturated carbocycles. The summed E-state index contributed by atoms with van der Waals surface area (Å²) in [5, 5.41) is 12.7. The van der Waals surface area contributed by atoms with E-state index < -0.39 is 0 Å². The smallest absolute Gasteiger partial charge is 0.103 e. The Morgan fingerprint density at radius 3 is 2.52 bits per heavy atom. The second kappa shape index (κ2) is 6.65. The van der Waals surface area contributed by atoms with E-state index >= 15 is 0 Å². The first-order chi connectivity index (χ1) is 11.1. The van der Waals surface area contributed by atoms with Crippen molar-refractivity contribution >= 4 is 17.0 Å². The van der Waals surface area contributed by atoms with Crippen LogP contribution in [0.2, 0.25) is 0 Å². The van der Waals surface area contributed by atoms with Crippen molar-refractivity contribution < 1.29 is 0 Å². The Balaban J connectivity index is 1.68. The van der Waals surface area contributed by atoms with Gasteiger partial charge < -0.3 is 4.90 Å². The number of aromatic nitrogens is 2. The fourth-order valence-corrected chi connectivity index (χ4v) is 3.66. The van der Waals surface area contributed by atoms with E-state index in [9.17, 15) is 5.26 Å². The highest BCUT2D eigenvalue weighted by molar-refractivity contribution is 7.09. The van der Waals surface area contributed by atoms with E-state index in [1.165, 1.54) is 0 Å². The van der Waals surface area contributed by atoms with Crippen molar-refractivity contribution in [3.63, 3.8) is 0 Å². The zero-order chi connectivity index (χ0) is 16.4. The first-order valence-electron chi connectivity index (χ1n) is 7.83. The maximum absolute atomic E-state index is 9.44. The van der Waals surface area contributed by atoms with E-state index in [0.717, 1.165) is 60.5 Å². The maximum Gasteiger partial charge on any atom is 0.103 e. The standard InChI is InChI=1S/C17H21N5S/c1-12-8-17(16(9-18)13(2)19-12)22-6-4-21(5-7-22)10-15-11-23-14(3)20-15/h8,11H,4-7,10H2,1-3H3. The Morgan fingerprint density at radius 1 is 1.17 bits per heavy atom. The summed E-state index contributed by atoms with van der Waals surface area (Å²) in [6.45, 7) is 10.7. The number of piperazine rings is 1. The van der Waals surface area contributed by atoms with Crippen LogP contribution in [0.5, 0.6) is 0 Å². The van der Waals surface area contributed by atoms with Gasteiger partial charge in [-0.3, -0.25) is 9.88 Å². The number of anilines is 1. The lowest BCUT2D eigenvalue weighted by Gasteiger charge is -2.36. The number of hydrogen-bond acceptors (Lipinski definition) is 6. The minimum atomic E-state index is 0.708. The second-order valence-corrected chi connectivity index (χ2v) is 7.04. The quantitative estimate of drug-likeness (QED) is 0.867. The fourth-order valence-electron chi connectivity index (χ4n) is 3.05. The van der Waals surface area contributed by atoms with Gasteiger partial charge in [0, 0.05) is 43.8 Å². The van der Waals surface area contributed by atoms with Crippen molar-refractivity contribution in [3.8, 4) is 6.07 Å². The summed E-state index contributed by atoms with van der Waals surface area (Å²) in [5.41, 5.74) is 4.69. The van der Waals surface area contributed by atoms with E-state index in [1.54, 1.807) is 11.3 Å². The summed E-state index contributed by atoms with van der Waals surface area (Å²) in [4.78, 5) is 13.7. The van der Waals surface area contributed by atoms with Gasteiger partial charge in [0.25, 0.3) is 0 Å². The third kappa shape index (κ3) is 3.52. The lowest BCUT2D eigenvalue weighted by Crippen LogP contribution is -2.46. The first-order valence-corrected chi connectivity index (χ1v) is 8.71. The van der Waals surface area contributed by atoms with Gasteiger partial charge in [-0.05, 0) is 26.8 Å². The van der Waals surface area contributed by atoms with Gasteiger partial charge in [0.05, 0.1) is 27.6 Å². The van der Waals surface area contributed by atoms with Gasteiger partial charge in [-0.2, -0.15) is 5.26 Å². The van der Waals surface area contributed by atoms with Crippen LogP contribution in [0.1, 0.15) is 27.7 Å². The van der Waals surface area contributed by atoms with E-state index in [-0.39, 0.29) is 0 Å². The molecule has 2 aromatic rings. The van der Waals surface area contributed by atoms with Crippen molar-refractivity contribution in [1.82, 2.24) is 14.9 Å². The molecule has 3 rings (SSSR count). The molecule has 1 fully saturated rings. The topological polar surface area (TPSA) is 56.0 Å². The first kappa shape index (κ1) is 15.9. The summed E-state index contributed by atoms with van der Waals surface area (Å²) in [6, 6.07) is 4.35. The van der Waals surface area contributed by atoms with E-state index in [2.05, 4.69) is 31.2 Å². The number of nitriles is 1. The minimum Gasteiger partial charge on any atom is -0.368 e. The Labute approximate surface area is 141 Å². The zero-order valence-electron chi connectivity index (χ0n) is 13.8. The maximum atomic E-state index is 9.44. The minimum absolute atomic E-state index is 0.708. The fraction of sp³-hybridized carbons (Fsp3) is 0.471. The molecule has 2 aromatic heterocycles. The molecule has 0 unspecified atom stereocenters. The van der Waals surface area contributed by atoms with Gasteiger partial charge in [0.15, 0.2) is 0 Å². The highest BCUT2D eigenvalue weighted by Gasteiger charge is 2.21. The highest BCUT2D eigenvalue weighted by atomic mass is 32.1. The van der Waals surface area contributed by atoms with Crippen LogP contribution in [0.25, 0.3) is 0 Å². The summed E-state index contributed by atoms with van der Waals surface area (Å²) >= 11 is 1.71. The van der Waals surface area contributed by atoms with Crippen LogP contribution in [-0.4, -0.2) is 41.0 Å². The highest BCUT2D eigenvalue weighted by Crippen LogP contribution is 2.24. The van der Waals surface area contributed by atoms with E-state index in [1.807, 2.05) is 26.8 Å². The molecule has 120 valence electrons. The van der Waals surface area contributed by atoms with Crippen molar-refractivity contribution in [3.05, 3.63) is 39.1 Å². The lowest BCUT2D eigenvalue weighted by molar-refractivity contribution is 0.247. The van der Waals surface area contributed by atoms with Crippen LogP contribution < -0.4 is 4.90 Å². The van der Waals surface area contributed by atoms with Crippen LogP contribution in [0, 0.1) is 32.1 Å². The Kier molecular flexibility index (Phi) is 4.60. The van der Waals surface area contributed by atoms with Crippen molar-refractivity contribution in [2.75, 3.05) is 31.1 Å². The third-order valence-electron chi connectivity index (χ3n) is 4.18. The number of pyridine rings is 1. The molecule has 0 aliphatic carbocycles. The summed E-state index contributed by atoms with van der Waals surface area (Å²) in [7, 11) is 0. The molecule has 5 nitrogen and oxygen atoms in total. The molecule has 0 bridgehead atoms. The molecule has 23 heavy (non-hydrogen) atoms. The molecule has 3 heterocycles. The van der Waals surface area contributed by atoms with Gasteiger partial charge in [-0.15, -0.1) is 11.3 Å². The van der Waals surface area contributed by atoms with Crippen molar-refractivity contribution in [2.24, 2.45) is 0 Å². The molecule has 0 amide bonds. The third-order valence-corrected chi connectivity index (χ3v) is 5.01. The van der Waals surface area contributed by atoms with E-state index in [4.69, 9.17) is 0 Å². The molecule has 0 spiro atoms. The number of rotatable bonds is 3. The van der Waals surface area contributed by atoms with Crippen LogP contribution in [0.15, 0.2) is 11.4 Å². The normalized spacial score (nSPS) is 15.7. The molecule has 1 aliphatic heterocycles. The van der Waals surface area contributed by atoms with Gasteiger partial charge in [0.2, 0.25) is 0 Å². The van der Waals surface area contributed by atoms with Crippen LogP contribution >= 0.6 is 11.3 Å². The summed E-state index contributed by atoms with van der Waals surface area (Å²) < 4.78 is 0. The Hall–Kier alpha value is -1.97. The molecule has 0 aromatic carbocycles. The molecule has 6 heteroatoms. The number of thiazole rings is 1. The summed E-state index contributed by atoms with van der Waals surface area (Å²) in [6.07, 6.45) is 0. The van der Waals surface area contributed by atoms with Gasteiger partial charge >= 0.3 is 0 Å². The molecule has 1 saturated heterocycles. The van der Waals surface area contributed by atoms with E-state index in [0.29, 0.717) is 5.56 Å². The number of hydrogen-bond donors (Lipinski definition) is 0. The zero-order valence-corrected chi connectivity index (χ0v) is 14.7. The SMILES string of the molecule is Cc1cc(N2CCN(Cc3csc(C)n3)CC2)c(C#N)c(C)n1. The molecular formula is C17H21N5S. The van der Waals surface area contributed by atoms with Crippen molar-refractivity contribution in [2.45, 2.75) is 27.3 Å². The Bertz CT molecular complexity index is 738. The average molecular weight is 327 g/mol. The van der Waals surface area contributed by atoms with Gasteiger partial charge in [-0.1, -0.05) is 0 Å². The van der Waals surface area contributed by atoms with Crippen LogP contribution in [-0.2, 0) is 6.54 Å². The molecular weight excluding hydrogens is 306 g/mol.